The van der Waals surface area contributed by atoms with E-state index in [0.717, 1.165) is 9.86 Å². The summed E-state index contributed by atoms with van der Waals surface area (Å²) >= 11 is 3.32. The van der Waals surface area contributed by atoms with E-state index in [1.54, 1.807) is 36.4 Å². The Morgan fingerprint density at radius 1 is 1.00 bits per heavy atom. The Morgan fingerprint density at radius 3 is 2.54 bits per heavy atom. The zero-order valence-electron chi connectivity index (χ0n) is 12.5. The summed E-state index contributed by atoms with van der Waals surface area (Å²) in [6.07, 6.45) is 0. The lowest BCUT2D eigenvalue weighted by Gasteiger charge is -2.07. The monoisotopic (exact) mass is 384 g/mol. The van der Waals surface area contributed by atoms with Crippen molar-refractivity contribution in [2.24, 2.45) is 0 Å². The summed E-state index contributed by atoms with van der Waals surface area (Å²) in [5, 5.41) is 3.58. The number of ether oxygens (including phenoxy) is 1. The largest absolute Gasteiger partial charge is 0.451 e. The van der Waals surface area contributed by atoms with E-state index in [9.17, 15) is 9.59 Å². The number of fused-ring (bicyclic) bond motifs is 1. The predicted molar refractivity (Wildman–Crippen MR) is 94.8 cm³/mol. The van der Waals surface area contributed by atoms with E-state index in [-0.39, 0.29) is 12.3 Å². The third kappa shape index (κ3) is 3.97. The molecule has 1 amide bonds. The highest BCUT2D eigenvalue weighted by Crippen LogP contribution is 2.14. The van der Waals surface area contributed by atoms with Gasteiger partial charge in [-0.05, 0) is 36.4 Å². The van der Waals surface area contributed by atoms with Crippen LogP contribution in [0.25, 0.3) is 10.9 Å². The summed E-state index contributed by atoms with van der Waals surface area (Å²) in [7, 11) is 0. The summed E-state index contributed by atoms with van der Waals surface area (Å²) in [4.78, 5) is 28.1. The molecule has 1 aromatic heterocycles. The van der Waals surface area contributed by atoms with Gasteiger partial charge in [-0.15, -0.1) is 0 Å². The van der Waals surface area contributed by atoms with Crippen molar-refractivity contribution in [1.29, 1.82) is 0 Å². The van der Waals surface area contributed by atoms with Crippen LogP contribution >= 0.6 is 15.9 Å². The van der Waals surface area contributed by atoms with Gasteiger partial charge < -0.3 is 10.1 Å². The smallest absolute Gasteiger partial charge is 0.357 e. The molecule has 0 bridgehead atoms. The van der Waals surface area contributed by atoms with Gasteiger partial charge in [0.2, 0.25) is 0 Å². The first kappa shape index (κ1) is 16.1. The number of hydrogen-bond donors (Lipinski definition) is 1. The van der Waals surface area contributed by atoms with Crippen molar-refractivity contribution < 1.29 is 14.3 Å². The molecule has 6 heteroatoms. The van der Waals surface area contributed by atoms with E-state index >= 15 is 0 Å². The average molecular weight is 385 g/mol. The molecule has 3 aromatic rings. The van der Waals surface area contributed by atoms with E-state index in [1.807, 2.05) is 24.3 Å². The number of amides is 1. The van der Waals surface area contributed by atoms with Gasteiger partial charge in [0.15, 0.2) is 6.61 Å². The highest BCUT2D eigenvalue weighted by Gasteiger charge is 2.12. The Kier molecular flexibility index (Phi) is 4.86. The summed E-state index contributed by atoms with van der Waals surface area (Å²) in [6.45, 7) is -0.372. The van der Waals surface area contributed by atoms with E-state index in [1.165, 1.54) is 0 Å². The minimum absolute atomic E-state index is 0.171. The van der Waals surface area contributed by atoms with Gasteiger partial charge in [0.05, 0.1) is 5.52 Å². The van der Waals surface area contributed by atoms with Crippen LogP contribution in [0.3, 0.4) is 0 Å². The predicted octanol–water partition coefficient (Wildman–Crippen LogP) is 3.79. The summed E-state index contributed by atoms with van der Waals surface area (Å²) in [5.74, 6) is -1.04. The minimum Gasteiger partial charge on any atom is -0.451 e. The van der Waals surface area contributed by atoms with Crippen LogP contribution in [-0.4, -0.2) is 23.5 Å². The maximum absolute atomic E-state index is 12.0. The number of para-hydroxylation sites is 1. The van der Waals surface area contributed by atoms with Gasteiger partial charge in [0.1, 0.15) is 5.69 Å². The van der Waals surface area contributed by atoms with Gasteiger partial charge in [0.25, 0.3) is 5.91 Å². The quantitative estimate of drug-likeness (QED) is 0.694. The van der Waals surface area contributed by atoms with Crippen molar-refractivity contribution in [3.8, 4) is 0 Å². The first-order valence-corrected chi connectivity index (χ1v) is 7.99. The first-order valence-electron chi connectivity index (χ1n) is 7.20. The SMILES string of the molecule is O=C(COC(=O)c1ccc2ccccc2n1)Nc1ccc(Br)cc1. The molecule has 1 N–H and O–H groups in total. The molecule has 0 aliphatic heterocycles. The van der Waals surface area contributed by atoms with Gasteiger partial charge in [-0.2, -0.15) is 0 Å². The van der Waals surface area contributed by atoms with E-state index < -0.39 is 11.9 Å². The number of nitrogens with one attached hydrogen (secondary N) is 1. The summed E-state index contributed by atoms with van der Waals surface area (Å²) in [5.41, 5.74) is 1.50. The van der Waals surface area contributed by atoms with E-state index in [0.29, 0.717) is 11.2 Å². The van der Waals surface area contributed by atoms with Gasteiger partial charge in [0, 0.05) is 15.5 Å². The van der Waals surface area contributed by atoms with Crippen LogP contribution < -0.4 is 5.32 Å². The lowest BCUT2D eigenvalue weighted by Crippen LogP contribution is -2.21. The van der Waals surface area contributed by atoms with Crippen LogP contribution in [0.4, 0.5) is 5.69 Å². The standard InChI is InChI=1S/C18H13BrN2O3/c19-13-6-8-14(9-7-13)20-17(22)11-24-18(23)16-10-5-12-3-1-2-4-15(12)21-16/h1-10H,11H2,(H,20,22). The van der Waals surface area contributed by atoms with Gasteiger partial charge in [-0.3, -0.25) is 4.79 Å². The molecule has 0 radical (unpaired) electrons. The number of benzene rings is 2. The van der Waals surface area contributed by atoms with Gasteiger partial charge >= 0.3 is 5.97 Å². The zero-order valence-corrected chi connectivity index (χ0v) is 14.1. The molecule has 1 heterocycles. The van der Waals surface area contributed by atoms with Gasteiger partial charge in [-0.25, -0.2) is 9.78 Å². The molecule has 0 aliphatic carbocycles. The van der Waals surface area contributed by atoms with Crippen molar-refractivity contribution >= 4 is 44.4 Å². The molecule has 0 atom stereocenters. The van der Waals surface area contributed by atoms with E-state index in [2.05, 4.69) is 26.2 Å². The molecule has 0 aliphatic rings. The number of rotatable bonds is 4. The first-order chi connectivity index (χ1) is 11.6. The highest BCUT2D eigenvalue weighted by molar-refractivity contribution is 9.10. The maximum atomic E-state index is 12.0. The number of carbonyl (C=O) groups excluding carboxylic acids is 2. The van der Waals surface area contributed by atoms with Crippen LogP contribution in [0.2, 0.25) is 0 Å². The number of nitrogens with zero attached hydrogens (tertiary/aromatic N) is 1. The molecule has 0 fully saturated rings. The molecule has 24 heavy (non-hydrogen) atoms. The Labute approximate surface area is 146 Å². The Bertz CT molecular complexity index is 894. The third-order valence-corrected chi connectivity index (χ3v) is 3.80. The van der Waals surface area contributed by atoms with Crippen molar-refractivity contribution in [2.75, 3.05) is 11.9 Å². The molecule has 3 rings (SSSR count). The second-order valence-corrected chi connectivity index (χ2v) is 5.94. The Hall–Kier alpha value is -2.73. The molecule has 2 aromatic carbocycles. The van der Waals surface area contributed by atoms with Gasteiger partial charge in [-0.1, -0.05) is 40.2 Å². The van der Waals surface area contributed by atoms with E-state index in [4.69, 9.17) is 4.74 Å². The average Bonchev–Trinajstić information content (AvgIpc) is 2.61. The van der Waals surface area contributed by atoms with Crippen LogP contribution in [0.1, 0.15) is 10.5 Å². The number of halogens is 1. The van der Waals surface area contributed by atoms with Crippen molar-refractivity contribution in [3.63, 3.8) is 0 Å². The van der Waals surface area contributed by atoms with Crippen molar-refractivity contribution in [2.45, 2.75) is 0 Å². The summed E-state index contributed by atoms with van der Waals surface area (Å²) in [6, 6.07) is 17.9. The lowest BCUT2D eigenvalue weighted by molar-refractivity contribution is -0.119. The molecule has 0 saturated carbocycles. The molecule has 5 nitrogen and oxygen atoms in total. The molecule has 0 unspecified atom stereocenters. The number of carbonyl (C=O) groups is 2. The van der Waals surface area contributed by atoms with Crippen LogP contribution in [-0.2, 0) is 9.53 Å². The Morgan fingerprint density at radius 2 is 1.75 bits per heavy atom. The Balaban J connectivity index is 1.59. The fraction of sp³-hybridized carbons (Fsp3) is 0.0556. The fourth-order valence-electron chi connectivity index (χ4n) is 2.12. The molecule has 0 spiro atoms. The second kappa shape index (κ2) is 7.23. The zero-order chi connectivity index (χ0) is 16.9. The topological polar surface area (TPSA) is 68.3 Å². The molecular weight excluding hydrogens is 372 g/mol. The number of hydrogen-bond acceptors (Lipinski definition) is 4. The lowest BCUT2D eigenvalue weighted by atomic mass is 10.2. The third-order valence-electron chi connectivity index (χ3n) is 3.27. The number of esters is 1. The molecule has 120 valence electrons. The molecule has 0 saturated heterocycles. The number of anilines is 1. The normalized spacial score (nSPS) is 10.4. The number of aromatic nitrogens is 1. The summed E-state index contributed by atoms with van der Waals surface area (Å²) < 4.78 is 5.92. The molecular formula is C18H13BrN2O3. The van der Waals surface area contributed by atoms with Crippen molar-refractivity contribution in [1.82, 2.24) is 4.98 Å². The van der Waals surface area contributed by atoms with Crippen LogP contribution in [0.15, 0.2) is 65.1 Å². The maximum Gasteiger partial charge on any atom is 0.357 e. The van der Waals surface area contributed by atoms with Crippen molar-refractivity contribution in [3.05, 3.63) is 70.8 Å². The highest BCUT2D eigenvalue weighted by atomic mass is 79.9. The number of pyridine rings is 1. The van der Waals surface area contributed by atoms with Crippen LogP contribution in [0.5, 0.6) is 0 Å². The fourth-order valence-corrected chi connectivity index (χ4v) is 2.38. The second-order valence-electron chi connectivity index (χ2n) is 5.02. The van der Waals surface area contributed by atoms with Crippen LogP contribution in [0, 0.1) is 0 Å². The minimum atomic E-state index is -0.633.